The molecule has 0 aliphatic carbocycles. The standard InChI is InChI=1S/C21H18ClNO5/c1-4-26-18-11-14(9-16(22)19(18)27-13(3)24)10-17-21(25)28-20(23-17)15-8-6-5-7-12(15)2/h5-11H,4H2,1-3H3/b17-10+. The van der Waals surface area contributed by atoms with Gasteiger partial charge >= 0.3 is 11.9 Å². The maximum atomic E-state index is 12.2. The second-order valence-electron chi connectivity index (χ2n) is 6.01. The minimum Gasteiger partial charge on any atom is -0.490 e. The van der Waals surface area contributed by atoms with Gasteiger partial charge in [-0.2, -0.15) is 0 Å². The molecule has 0 amide bonds. The molecule has 3 rings (SSSR count). The highest BCUT2D eigenvalue weighted by atomic mass is 35.5. The Morgan fingerprint density at radius 3 is 2.71 bits per heavy atom. The molecular weight excluding hydrogens is 382 g/mol. The topological polar surface area (TPSA) is 74.2 Å². The average Bonchev–Trinajstić information content (AvgIpc) is 2.99. The van der Waals surface area contributed by atoms with E-state index in [2.05, 4.69) is 4.99 Å². The summed E-state index contributed by atoms with van der Waals surface area (Å²) >= 11 is 6.24. The second-order valence-corrected chi connectivity index (χ2v) is 6.41. The lowest BCUT2D eigenvalue weighted by Gasteiger charge is -2.12. The number of carbonyl (C=O) groups is 2. The Morgan fingerprint density at radius 1 is 1.29 bits per heavy atom. The van der Waals surface area contributed by atoms with E-state index in [-0.39, 0.29) is 22.4 Å². The van der Waals surface area contributed by atoms with Crippen molar-refractivity contribution < 1.29 is 23.8 Å². The van der Waals surface area contributed by atoms with E-state index in [1.54, 1.807) is 25.1 Å². The molecule has 144 valence electrons. The highest BCUT2D eigenvalue weighted by Crippen LogP contribution is 2.37. The lowest BCUT2D eigenvalue weighted by atomic mass is 10.1. The lowest BCUT2D eigenvalue weighted by Crippen LogP contribution is -2.06. The van der Waals surface area contributed by atoms with Crippen LogP contribution in [0.1, 0.15) is 30.5 Å². The van der Waals surface area contributed by atoms with Gasteiger partial charge < -0.3 is 14.2 Å². The van der Waals surface area contributed by atoms with Crippen LogP contribution in [-0.2, 0) is 14.3 Å². The number of aryl methyl sites for hydroxylation is 1. The second kappa shape index (κ2) is 8.27. The molecule has 0 radical (unpaired) electrons. The van der Waals surface area contributed by atoms with E-state index in [4.69, 9.17) is 25.8 Å². The van der Waals surface area contributed by atoms with E-state index in [0.29, 0.717) is 17.9 Å². The van der Waals surface area contributed by atoms with Crippen molar-refractivity contribution in [1.29, 1.82) is 0 Å². The quantitative estimate of drug-likeness (QED) is 0.425. The van der Waals surface area contributed by atoms with E-state index >= 15 is 0 Å². The molecule has 0 N–H and O–H groups in total. The molecule has 2 aromatic rings. The third kappa shape index (κ3) is 4.23. The number of esters is 2. The molecular formula is C21H18ClNO5. The number of hydrogen-bond donors (Lipinski definition) is 0. The molecule has 0 fully saturated rings. The molecule has 0 aromatic heterocycles. The number of carbonyl (C=O) groups excluding carboxylic acids is 2. The summed E-state index contributed by atoms with van der Waals surface area (Å²) in [6, 6.07) is 10.7. The van der Waals surface area contributed by atoms with Crippen LogP contribution in [0.15, 0.2) is 47.1 Å². The summed E-state index contributed by atoms with van der Waals surface area (Å²) < 4.78 is 15.9. The van der Waals surface area contributed by atoms with Crippen LogP contribution < -0.4 is 9.47 Å². The summed E-state index contributed by atoms with van der Waals surface area (Å²) in [6.07, 6.45) is 1.54. The first-order valence-electron chi connectivity index (χ1n) is 8.62. The average molecular weight is 400 g/mol. The molecule has 0 atom stereocenters. The Hall–Kier alpha value is -3.12. The fourth-order valence-electron chi connectivity index (χ4n) is 2.67. The van der Waals surface area contributed by atoms with Gasteiger partial charge in [-0.3, -0.25) is 4.79 Å². The summed E-state index contributed by atoms with van der Waals surface area (Å²) in [7, 11) is 0. The number of rotatable bonds is 5. The number of halogens is 1. The summed E-state index contributed by atoms with van der Waals surface area (Å²) in [5.41, 5.74) is 2.39. The molecule has 6 nitrogen and oxygen atoms in total. The zero-order valence-corrected chi connectivity index (χ0v) is 16.4. The number of ether oxygens (including phenoxy) is 3. The van der Waals surface area contributed by atoms with Gasteiger partial charge in [-0.25, -0.2) is 9.79 Å². The van der Waals surface area contributed by atoms with Gasteiger partial charge in [0.2, 0.25) is 5.90 Å². The van der Waals surface area contributed by atoms with E-state index < -0.39 is 11.9 Å². The SMILES string of the molecule is CCOc1cc(/C=C2/N=C(c3ccccc3C)OC2=O)cc(Cl)c1OC(C)=O. The smallest absolute Gasteiger partial charge is 0.363 e. The van der Waals surface area contributed by atoms with Crippen LogP contribution in [0.25, 0.3) is 6.08 Å². The first kappa shape index (κ1) is 19.6. The first-order chi connectivity index (χ1) is 13.4. The van der Waals surface area contributed by atoms with Gasteiger partial charge in [-0.15, -0.1) is 0 Å². The van der Waals surface area contributed by atoms with Gasteiger partial charge in [-0.1, -0.05) is 29.8 Å². The molecule has 0 saturated carbocycles. The van der Waals surface area contributed by atoms with E-state index in [9.17, 15) is 9.59 Å². The largest absolute Gasteiger partial charge is 0.490 e. The number of benzene rings is 2. The van der Waals surface area contributed by atoms with Gasteiger partial charge in [0, 0.05) is 12.5 Å². The van der Waals surface area contributed by atoms with Crippen molar-refractivity contribution in [2.75, 3.05) is 6.61 Å². The van der Waals surface area contributed by atoms with Gasteiger partial charge in [-0.05, 0) is 49.2 Å². The number of cyclic esters (lactones) is 1. The van der Waals surface area contributed by atoms with Crippen LogP contribution in [0, 0.1) is 6.92 Å². The van der Waals surface area contributed by atoms with Crippen LogP contribution in [-0.4, -0.2) is 24.4 Å². The van der Waals surface area contributed by atoms with E-state index in [1.807, 2.05) is 31.2 Å². The number of aliphatic imine (C=N–C) groups is 1. The van der Waals surface area contributed by atoms with Gasteiger partial charge in [0.15, 0.2) is 17.2 Å². The molecule has 1 aliphatic rings. The number of nitrogens with zero attached hydrogens (tertiary/aromatic N) is 1. The summed E-state index contributed by atoms with van der Waals surface area (Å²) in [4.78, 5) is 27.9. The molecule has 0 spiro atoms. The molecule has 2 aromatic carbocycles. The minimum absolute atomic E-state index is 0.135. The van der Waals surface area contributed by atoms with E-state index in [0.717, 1.165) is 11.1 Å². The van der Waals surface area contributed by atoms with Crippen LogP contribution in [0.2, 0.25) is 5.02 Å². The normalized spacial score (nSPS) is 14.6. The molecule has 28 heavy (non-hydrogen) atoms. The van der Waals surface area contributed by atoms with Crippen molar-refractivity contribution in [3.05, 3.63) is 63.8 Å². The van der Waals surface area contributed by atoms with Crippen molar-refractivity contribution in [3.63, 3.8) is 0 Å². The molecule has 0 unspecified atom stereocenters. The summed E-state index contributed by atoms with van der Waals surface area (Å²) in [6.45, 7) is 5.33. The highest BCUT2D eigenvalue weighted by molar-refractivity contribution is 6.32. The van der Waals surface area contributed by atoms with Crippen molar-refractivity contribution in [2.24, 2.45) is 4.99 Å². The van der Waals surface area contributed by atoms with Crippen LogP contribution in [0.4, 0.5) is 0 Å². The van der Waals surface area contributed by atoms with Crippen LogP contribution >= 0.6 is 11.6 Å². The van der Waals surface area contributed by atoms with Gasteiger partial charge in [0.1, 0.15) is 0 Å². The predicted octanol–water partition coefficient (Wildman–Crippen LogP) is 4.32. The molecule has 1 heterocycles. The molecule has 1 aliphatic heterocycles. The third-order valence-corrected chi connectivity index (χ3v) is 4.16. The Balaban J connectivity index is 1.99. The van der Waals surface area contributed by atoms with Crippen molar-refractivity contribution in [3.8, 4) is 11.5 Å². The number of hydrogen-bond acceptors (Lipinski definition) is 6. The Labute approximate surface area is 167 Å². The van der Waals surface area contributed by atoms with E-state index in [1.165, 1.54) is 6.92 Å². The van der Waals surface area contributed by atoms with Crippen LogP contribution in [0.5, 0.6) is 11.5 Å². The summed E-state index contributed by atoms with van der Waals surface area (Å²) in [5.74, 6) is -0.387. The van der Waals surface area contributed by atoms with Gasteiger partial charge in [0.25, 0.3) is 0 Å². The highest BCUT2D eigenvalue weighted by Gasteiger charge is 2.25. The molecule has 7 heteroatoms. The molecule has 0 saturated heterocycles. The Morgan fingerprint density at radius 2 is 2.04 bits per heavy atom. The van der Waals surface area contributed by atoms with Crippen molar-refractivity contribution >= 4 is 35.5 Å². The summed E-state index contributed by atoms with van der Waals surface area (Å²) in [5, 5.41) is 0.183. The lowest BCUT2D eigenvalue weighted by molar-refractivity contribution is -0.132. The Kier molecular flexibility index (Phi) is 5.80. The monoisotopic (exact) mass is 399 g/mol. The fraction of sp³-hybridized carbons (Fsp3) is 0.190. The van der Waals surface area contributed by atoms with Crippen molar-refractivity contribution in [2.45, 2.75) is 20.8 Å². The fourth-order valence-corrected chi connectivity index (χ4v) is 2.93. The minimum atomic E-state index is -0.559. The maximum Gasteiger partial charge on any atom is 0.363 e. The third-order valence-electron chi connectivity index (χ3n) is 3.88. The van der Waals surface area contributed by atoms with Gasteiger partial charge in [0.05, 0.1) is 11.6 Å². The van der Waals surface area contributed by atoms with Crippen molar-refractivity contribution in [1.82, 2.24) is 0 Å². The first-order valence-corrected chi connectivity index (χ1v) is 9.00. The zero-order valence-electron chi connectivity index (χ0n) is 15.6. The maximum absolute atomic E-state index is 12.2. The zero-order chi connectivity index (χ0) is 20.3. The van der Waals surface area contributed by atoms with Crippen LogP contribution in [0.3, 0.4) is 0 Å². The Bertz CT molecular complexity index is 1010. The predicted molar refractivity (Wildman–Crippen MR) is 106 cm³/mol. The molecule has 0 bridgehead atoms.